The molecule has 0 heterocycles. The summed E-state index contributed by atoms with van der Waals surface area (Å²) >= 11 is 9.44. The molecule has 0 aromatic heterocycles. The molecule has 1 amide bonds. The quantitative estimate of drug-likeness (QED) is 0.304. The number of ether oxygens (including phenoxy) is 3. The van der Waals surface area contributed by atoms with Crippen LogP contribution in [0.4, 0.5) is 0 Å². The van der Waals surface area contributed by atoms with Crippen molar-refractivity contribution in [2.75, 3.05) is 14.2 Å². The van der Waals surface area contributed by atoms with E-state index in [4.69, 9.17) is 25.8 Å². The molecule has 0 unspecified atom stereocenters. The van der Waals surface area contributed by atoms with Crippen molar-refractivity contribution < 1.29 is 19.0 Å². The minimum atomic E-state index is -0.368. The van der Waals surface area contributed by atoms with E-state index < -0.39 is 0 Å². The zero-order valence-electron chi connectivity index (χ0n) is 17.8. The molecule has 0 saturated carbocycles. The third kappa shape index (κ3) is 6.02. The van der Waals surface area contributed by atoms with Crippen LogP contribution < -0.4 is 19.6 Å². The van der Waals surface area contributed by atoms with Gasteiger partial charge in [0.25, 0.3) is 5.91 Å². The number of carbonyl (C=O) groups is 1. The monoisotopic (exact) mass is 516 g/mol. The third-order valence-electron chi connectivity index (χ3n) is 4.53. The molecule has 0 atom stereocenters. The Labute approximate surface area is 200 Å². The van der Waals surface area contributed by atoms with Crippen molar-refractivity contribution in [3.05, 3.63) is 86.3 Å². The van der Waals surface area contributed by atoms with E-state index in [1.165, 1.54) is 13.3 Å². The molecule has 0 radical (unpaired) electrons. The Hall–Kier alpha value is -3.03. The maximum Gasteiger partial charge on any atom is 0.275 e. The van der Waals surface area contributed by atoms with Crippen molar-refractivity contribution >= 4 is 39.7 Å². The second kappa shape index (κ2) is 11.0. The number of hydrogen-bond acceptors (Lipinski definition) is 5. The fraction of sp³-hybridized carbons (Fsp3) is 0.167. The van der Waals surface area contributed by atoms with Gasteiger partial charge in [-0.2, -0.15) is 5.10 Å². The molecule has 3 aromatic rings. The van der Waals surface area contributed by atoms with Crippen molar-refractivity contribution in [2.24, 2.45) is 5.10 Å². The molecule has 32 heavy (non-hydrogen) atoms. The lowest BCUT2D eigenvalue weighted by atomic mass is 10.1. The van der Waals surface area contributed by atoms with Gasteiger partial charge in [-0.1, -0.05) is 29.8 Å². The number of hydrazone groups is 1. The van der Waals surface area contributed by atoms with Gasteiger partial charge in [-0.3, -0.25) is 4.79 Å². The van der Waals surface area contributed by atoms with Crippen LogP contribution >= 0.6 is 27.5 Å². The Kier molecular flexibility index (Phi) is 8.14. The average Bonchev–Trinajstić information content (AvgIpc) is 2.78. The summed E-state index contributed by atoms with van der Waals surface area (Å²) in [4.78, 5) is 12.4. The average molecular weight is 518 g/mol. The smallest absolute Gasteiger partial charge is 0.275 e. The fourth-order valence-electron chi connectivity index (χ4n) is 2.90. The molecule has 6 nitrogen and oxygen atoms in total. The van der Waals surface area contributed by atoms with Gasteiger partial charge in [-0.05, 0) is 75.9 Å². The predicted octanol–water partition coefficient (Wildman–Crippen LogP) is 5.77. The molecule has 0 saturated heterocycles. The van der Waals surface area contributed by atoms with E-state index in [0.29, 0.717) is 44.5 Å². The topological polar surface area (TPSA) is 69.2 Å². The lowest BCUT2D eigenvalue weighted by Gasteiger charge is -2.13. The van der Waals surface area contributed by atoms with Crippen molar-refractivity contribution in [1.82, 2.24) is 5.43 Å². The second-order valence-electron chi connectivity index (χ2n) is 6.85. The Morgan fingerprint density at radius 3 is 2.47 bits per heavy atom. The van der Waals surface area contributed by atoms with Crippen LogP contribution in [0.15, 0.2) is 64.2 Å². The Balaban J connectivity index is 1.70. The minimum Gasteiger partial charge on any atom is -0.496 e. The van der Waals surface area contributed by atoms with Crippen molar-refractivity contribution in [3.63, 3.8) is 0 Å². The summed E-state index contributed by atoms with van der Waals surface area (Å²) in [5.41, 5.74) is 5.60. The van der Waals surface area contributed by atoms with Gasteiger partial charge in [0, 0.05) is 5.02 Å². The van der Waals surface area contributed by atoms with Crippen LogP contribution in [0.25, 0.3) is 0 Å². The van der Waals surface area contributed by atoms with Gasteiger partial charge in [0.2, 0.25) is 0 Å². The lowest BCUT2D eigenvalue weighted by Crippen LogP contribution is -2.18. The Bertz CT molecular complexity index is 1130. The number of methoxy groups -OCH3 is 2. The van der Waals surface area contributed by atoms with Crippen LogP contribution in [0, 0.1) is 6.92 Å². The van der Waals surface area contributed by atoms with Crippen molar-refractivity contribution in [3.8, 4) is 17.2 Å². The number of benzene rings is 3. The highest BCUT2D eigenvalue weighted by Crippen LogP contribution is 2.37. The van der Waals surface area contributed by atoms with Crippen LogP contribution in [0.5, 0.6) is 17.2 Å². The van der Waals surface area contributed by atoms with Gasteiger partial charge in [0.15, 0.2) is 11.5 Å². The Morgan fingerprint density at radius 2 is 1.78 bits per heavy atom. The first-order chi connectivity index (χ1) is 15.4. The molecule has 8 heteroatoms. The third-order valence-corrected chi connectivity index (χ3v) is 5.37. The number of nitrogens with one attached hydrogen (secondary N) is 1. The highest BCUT2D eigenvalue weighted by atomic mass is 79.9. The molecular weight excluding hydrogens is 496 g/mol. The maximum atomic E-state index is 12.4. The molecule has 0 aliphatic heterocycles. The van der Waals surface area contributed by atoms with Gasteiger partial charge in [0.05, 0.1) is 30.5 Å². The van der Waals surface area contributed by atoms with E-state index >= 15 is 0 Å². The molecular formula is C24H22BrClN2O4. The van der Waals surface area contributed by atoms with E-state index in [9.17, 15) is 4.79 Å². The van der Waals surface area contributed by atoms with Crippen LogP contribution in [-0.2, 0) is 6.61 Å². The molecule has 0 bridgehead atoms. The Morgan fingerprint density at radius 1 is 1.06 bits per heavy atom. The normalized spacial score (nSPS) is 10.8. The number of rotatable bonds is 8. The summed E-state index contributed by atoms with van der Waals surface area (Å²) in [6.45, 7) is 2.28. The molecule has 0 aliphatic rings. The van der Waals surface area contributed by atoms with E-state index in [0.717, 1.165) is 11.1 Å². The van der Waals surface area contributed by atoms with E-state index in [2.05, 4.69) is 26.5 Å². The first kappa shape index (κ1) is 23.6. The zero-order chi connectivity index (χ0) is 23.1. The highest BCUT2D eigenvalue weighted by molar-refractivity contribution is 9.10. The standard InChI is InChI=1S/C24H22BrClN2O4/c1-15-4-9-19(21(10-15)30-2)24(29)28-27-13-17-11-20(25)23(22(12-17)31-3)32-14-16-5-7-18(26)8-6-16/h4-13H,14H2,1-3H3,(H,28,29)/b27-13-. The SMILES string of the molecule is COc1cc(C)ccc1C(=O)N/N=C\c1cc(Br)c(OCc2ccc(Cl)cc2)c(OC)c1. The number of nitrogens with zero attached hydrogens (tertiary/aromatic N) is 1. The molecule has 0 aliphatic carbocycles. The van der Waals surface area contributed by atoms with E-state index in [1.807, 2.05) is 43.3 Å². The number of amides is 1. The summed E-state index contributed by atoms with van der Waals surface area (Å²) in [7, 11) is 3.08. The number of hydrogen-bond donors (Lipinski definition) is 1. The molecule has 1 N–H and O–H groups in total. The van der Waals surface area contributed by atoms with Gasteiger partial charge in [-0.15, -0.1) is 0 Å². The van der Waals surface area contributed by atoms with Crippen LogP contribution in [0.1, 0.15) is 27.0 Å². The predicted molar refractivity (Wildman–Crippen MR) is 129 cm³/mol. The molecule has 0 fully saturated rings. The number of halogens is 2. The second-order valence-corrected chi connectivity index (χ2v) is 8.14. The van der Waals surface area contributed by atoms with E-state index in [-0.39, 0.29) is 5.91 Å². The van der Waals surface area contributed by atoms with E-state index in [1.54, 1.807) is 25.3 Å². The van der Waals surface area contributed by atoms with Gasteiger partial charge in [-0.25, -0.2) is 5.43 Å². The van der Waals surface area contributed by atoms with Crippen molar-refractivity contribution in [2.45, 2.75) is 13.5 Å². The summed E-state index contributed by atoms with van der Waals surface area (Å²) in [5.74, 6) is 1.21. The molecule has 0 spiro atoms. The molecule has 3 rings (SSSR count). The first-order valence-corrected chi connectivity index (χ1v) is 10.8. The van der Waals surface area contributed by atoms with Crippen LogP contribution in [0.2, 0.25) is 5.02 Å². The minimum absolute atomic E-state index is 0.355. The number of carbonyl (C=O) groups excluding carboxylic acids is 1. The fourth-order valence-corrected chi connectivity index (χ4v) is 3.60. The molecule has 166 valence electrons. The first-order valence-electron chi connectivity index (χ1n) is 9.64. The lowest BCUT2D eigenvalue weighted by molar-refractivity contribution is 0.0952. The van der Waals surface area contributed by atoms with Crippen molar-refractivity contribution in [1.29, 1.82) is 0 Å². The van der Waals surface area contributed by atoms with Crippen LogP contribution in [-0.4, -0.2) is 26.3 Å². The summed E-state index contributed by atoms with van der Waals surface area (Å²) in [6.07, 6.45) is 1.52. The summed E-state index contributed by atoms with van der Waals surface area (Å²) in [5, 5.41) is 4.72. The zero-order valence-corrected chi connectivity index (χ0v) is 20.2. The number of aryl methyl sites for hydroxylation is 1. The maximum absolute atomic E-state index is 12.4. The van der Waals surface area contributed by atoms with Gasteiger partial charge < -0.3 is 14.2 Å². The summed E-state index contributed by atoms with van der Waals surface area (Å²) in [6, 6.07) is 16.3. The molecule has 3 aromatic carbocycles. The van der Waals surface area contributed by atoms with Gasteiger partial charge in [0.1, 0.15) is 12.4 Å². The summed E-state index contributed by atoms with van der Waals surface area (Å²) < 4.78 is 17.4. The van der Waals surface area contributed by atoms with Gasteiger partial charge >= 0.3 is 0 Å². The highest BCUT2D eigenvalue weighted by Gasteiger charge is 2.13. The van der Waals surface area contributed by atoms with Crippen LogP contribution in [0.3, 0.4) is 0 Å². The largest absolute Gasteiger partial charge is 0.496 e.